The van der Waals surface area contributed by atoms with Gasteiger partial charge in [-0.25, -0.2) is 4.79 Å². The minimum Gasteiger partial charge on any atom is -0.755 e. The van der Waals surface area contributed by atoms with Crippen molar-refractivity contribution in [2.75, 3.05) is 4.31 Å². The van der Waals surface area contributed by atoms with Crippen molar-refractivity contribution in [2.24, 2.45) is 0 Å². The third-order valence-electron chi connectivity index (χ3n) is 8.26. The summed E-state index contributed by atoms with van der Waals surface area (Å²) >= 11 is -2.60. The van der Waals surface area contributed by atoms with Crippen LogP contribution in [0.2, 0.25) is 0 Å². The van der Waals surface area contributed by atoms with Crippen molar-refractivity contribution in [1.29, 1.82) is 0 Å². The van der Waals surface area contributed by atoms with Gasteiger partial charge < -0.3 is 9.29 Å². The van der Waals surface area contributed by atoms with Gasteiger partial charge in [0.15, 0.2) is 0 Å². The first-order valence-corrected chi connectivity index (χ1v) is 16.9. The van der Waals surface area contributed by atoms with Crippen molar-refractivity contribution in [2.45, 2.75) is 93.1 Å². The molecule has 0 N–H and O–H groups in total. The molecule has 0 saturated heterocycles. The summed E-state index contributed by atoms with van der Waals surface area (Å²) in [5, 5.41) is 1.70. The van der Waals surface area contributed by atoms with Crippen LogP contribution in [-0.2, 0) is 16.0 Å². The number of allylic oxidation sites excluding steroid dienone is 1. The first kappa shape index (κ1) is 34.1. The largest absolute Gasteiger partial charge is 0.755 e. The fourth-order valence-electron chi connectivity index (χ4n) is 5.79. The zero-order valence-corrected chi connectivity index (χ0v) is 28.8. The van der Waals surface area contributed by atoms with E-state index in [9.17, 15) is 13.6 Å². The molecule has 0 bridgehead atoms. The number of hydrogen-bond acceptors (Lipinski definition) is 4. The van der Waals surface area contributed by atoms with E-state index in [0.29, 0.717) is 16.9 Å². The number of unbranched alkanes of at least 4 members (excludes halogenated alkanes) is 4. The zero-order chi connectivity index (χ0) is 32.9. The van der Waals surface area contributed by atoms with E-state index in [1.807, 2.05) is 90.9 Å². The van der Waals surface area contributed by atoms with Crippen LogP contribution in [0.15, 0.2) is 66.7 Å². The smallest absolute Gasteiger partial charge is 0.338 e. The molecule has 0 fully saturated rings. The van der Waals surface area contributed by atoms with Gasteiger partial charge in [-0.3, -0.25) is 8.51 Å². The molecule has 0 heterocycles. The van der Waals surface area contributed by atoms with Gasteiger partial charge in [0.2, 0.25) is 0 Å². The highest BCUT2D eigenvalue weighted by Gasteiger charge is 2.24. The molecule has 1 atom stereocenters. The van der Waals surface area contributed by atoms with Crippen LogP contribution in [0.3, 0.4) is 0 Å². The monoisotopic (exact) mass is 624 g/mol. The van der Waals surface area contributed by atoms with E-state index in [0.717, 1.165) is 69.0 Å². The predicted octanol–water partition coefficient (Wildman–Crippen LogP) is 10.6. The van der Waals surface area contributed by atoms with Crippen molar-refractivity contribution < 1.29 is 18.3 Å². The Bertz CT molecular complexity index is 1720. The van der Waals surface area contributed by atoms with Crippen molar-refractivity contribution in [3.8, 4) is 11.1 Å². The highest BCUT2D eigenvalue weighted by molar-refractivity contribution is 7.81. The predicted molar refractivity (Wildman–Crippen MR) is 189 cm³/mol. The summed E-state index contributed by atoms with van der Waals surface area (Å²) in [5.74, 6) is -0.383. The van der Waals surface area contributed by atoms with E-state index in [4.69, 9.17) is 4.74 Å². The summed E-state index contributed by atoms with van der Waals surface area (Å²) in [6, 6.07) is 19.5. The Kier molecular flexibility index (Phi) is 11.1. The normalized spacial score (nSPS) is 12.6. The standard InChI is InChI=1S/C39H47NO4S/c1-9-10-11-12-13-14-18-31-25-35(30-19-17-20-32(24-30)38(41)44-39(6,7)8)33-21-15-16-22-34(33)37(31)40(45(42)43)36-28(4)26(2)23-27(3)29(36)5/h14-25H,9-13H2,1-8H3,(H,42,43)/p-1. The van der Waals surface area contributed by atoms with Gasteiger partial charge in [0.25, 0.3) is 0 Å². The van der Waals surface area contributed by atoms with Crippen molar-refractivity contribution in [1.82, 2.24) is 0 Å². The summed E-state index contributed by atoms with van der Waals surface area (Å²) in [4.78, 5) is 13.0. The molecule has 4 aromatic rings. The average Bonchev–Trinajstić information content (AvgIpc) is 2.99. The molecule has 0 amide bonds. The summed E-state index contributed by atoms with van der Waals surface area (Å²) < 4.78 is 33.8. The van der Waals surface area contributed by atoms with Gasteiger partial charge in [0.1, 0.15) is 5.60 Å². The maximum absolute atomic E-state index is 13.3. The lowest BCUT2D eigenvalue weighted by Crippen LogP contribution is -2.24. The number of esters is 1. The minimum absolute atomic E-state index is 0.383. The Morgan fingerprint density at radius 3 is 2.16 bits per heavy atom. The van der Waals surface area contributed by atoms with E-state index in [-0.39, 0.29) is 5.97 Å². The van der Waals surface area contributed by atoms with E-state index >= 15 is 0 Å². The van der Waals surface area contributed by atoms with Crippen LogP contribution in [0.25, 0.3) is 28.0 Å². The average molecular weight is 625 g/mol. The van der Waals surface area contributed by atoms with Gasteiger partial charge in [-0.15, -0.1) is 0 Å². The summed E-state index contributed by atoms with van der Waals surface area (Å²) in [7, 11) is 0. The molecule has 6 heteroatoms. The van der Waals surface area contributed by atoms with Crippen molar-refractivity contribution in [3.05, 3.63) is 100 Å². The topological polar surface area (TPSA) is 69.7 Å². The molecule has 0 aliphatic carbocycles. The summed E-state index contributed by atoms with van der Waals surface area (Å²) in [6.45, 7) is 15.8. The molecule has 45 heavy (non-hydrogen) atoms. The van der Waals surface area contributed by atoms with Crippen LogP contribution in [0, 0.1) is 27.7 Å². The van der Waals surface area contributed by atoms with Crippen molar-refractivity contribution >= 4 is 45.5 Å². The van der Waals surface area contributed by atoms with E-state index in [2.05, 4.69) is 31.2 Å². The second-order valence-electron chi connectivity index (χ2n) is 12.9. The molecule has 238 valence electrons. The number of nitrogens with zero attached hydrogens (tertiary/aromatic N) is 1. The fourth-order valence-corrected chi connectivity index (χ4v) is 6.56. The minimum atomic E-state index is -2.60. The molecule has 0 spiro atoms. The van der Waals surface area contributed by atoms with E-state index in [1.165, 1.54) is 17.1 Å². The molecular weight excluding hydrogens is 578 g/mol. The molecule has 0 aromatic heterocycles. The molecule has 1 unspecified atom stereocenters. The van der Waals surface area contributed by atoms with Gasteiger partial charge in [0.05, 0.1) is 28.2 Å². The molecule has 4 rings (SSSR count). The maximum atomic E-state index is 13.3. The van der Waals surface area contributed by atoms with Crippen LogP contribution < -0.4 is 4.31 Å². The molecule has 0 radical (unpaired) electrons. The number of anilines is 2. The number of benzene rings is 4. The molecular formula is C39H46NO4S-. The first-order valence-electron chi connectivity index (χ1n) is 15.9. The Labute approximate surface area is 271 Å². The van der Waals surface area contributed by atoms with E-state index in [1.54, 1.807) is 6.07 Å². The number of hydrogen-bond donors (Lipinski definition) is 0. The van der Waals surface area contributed by atoms with Gasteiger partial charge in [-0.05, 0) is 118 Å². The number of ether oxygens (including phenoxy) is 1. The summed E-state index contributed by atoms with van der Waals surface area (Å²) in [6.07, 6.45) is 9.71. The van der Waals surface area contributed by atoms with Gasteiger partial charge in [-0.1, -0.05) is 80.8 Å². The lowest BCUT2D eigenvalue weighted by atomic mass is 9.92. The number of fused-ring (bicyclic) bond motifs is 1. The van der Waals surface area contributed by atoms with Crippen LogP contribution in [0.5, 0.6) is 0 Å². The molecule has 4 aromatic carbocycles. The van der Waals surface area contributed by atoms with Crippen LogP contribution in [0.4, 0.5) is 11.4 Å². The Balaban J connectivity index is 2.00. The Hall–Kier alpha value is -3.74. The third kappa shape index (κ3) is 7.92. The maximum Gasteiger partial charge on any atom is 0.338 e. The lowest BCUT2D eigenvalue weighted by Gasteiger charge is -2.33. The Morgan fingerprint density at radius 1 is 0.867 bits per heavy atom. The second-order valence-corrected chi connectivity index (χ2v) is 13.7. The molecule has 5 nitrogen and oxygen atoms in total. The van der Waals surface area contributed by atoms with Crippen molar-refractivity contribution in [3.63, 3.8) is 0 Å². The zero-order valence-electron chi connectivity index (χ0n) is 28.0. The molecule has 0 aliphatic heterocycles. The molecule has 0 saturated carbocycles. The number of carbonyl (C=O) groups is 1. The Morgan fingerprint density at radius 2 is 1.53 bits per heavy atom. The van der Waals surface area contributed by atoms with Gasteiger partial charge in [-0.2, -0.15) is 0 Å². The van der Waals surface area contributed by atoms with Crippen LogP contribution in [0.1, 0.15) is 98.0 Å². The fraction of sp³-hybridized carbons (Fsp3) is 0.359. The van der Waals surface area contributed by atoms with Crippen LogP contribution in [-0.4, -0.2) is 20.3 Å². The molecule has 0 aliphatic rings. The second kappa shape index (κ2) is 14.6. The quantitative estimate of drug-likeness (QED) is 0.0946. The van der Waals surface area contributed by atoms with Gasteiger partial charge in [0, 0.05) is 10.9 Å². The first-order chi connectivity index (χ1) is 21.3. The van der Waals surface area contributed by atoms with Gasteiger partial charge >= 0.3 is 5.97 Å². The highest BCUT2D eigenvalue weighted by atomic mass is 32.2. The summed E-state index contributed by atoms with van der Waals surface area (Å²) in [5.41, 5.74) is 7.64. The highest BCUT2D eigenvalue weighted by Crippen LogP contribution is 2.44. The third-order valence-corrected chi connectivity index (χ3v) is 8.92. The van der Waals surface area contributed by atoms with E-state index < -0.39 is 16.9 Å². The number of aryl methyl sites for hydroxylation is 2. The SMILES string of the molecule is CCCCCCC=Cc1cc(-c2cccc(C(=O)OC(C)(C)C)c2)c2ccccc2c1N(c1c(C)c(C)cc(C)c1C)S(=O)[O-]. The lowest BCUT2D eigenvalue weighted by molar-refractivity contribution is 0.00695. The number of carbonyl (C=O) groups excluding carboxylic acids is 1. The van der Waals surface area contributed by atoms with Crippen LogP contribution >= 0.6 is 0 Å². The number of rotatable bonds is 11.